The van der Waals surface area contributed by atoms with Gasteiger partial charge in [-0.1, -0.05) is 6.07 Å². The molecule has 1 aliphatic heterocycles. The quantitative estimate of drug-likeness (QED) is 0.848. The van der Waals surface area contributed by atoms with E-state index in [0.717, 1.165) is 22.7 Å². The summed E-state index contributed by atoms with van der Waals surface area (Å²) in [6.07, 6.45) is 0. The molecule has 1 aliphatic rings. The lowest BCUT2D eigenvalue weighted by Crippen LogP contribution is -2.40. The summed E-state index contributed by atoms with van der Waals surface area (Å²) in [6.45, 7) is 2.35. The third kappa shape index (κ3) is 2.31. The van der Waals surface area contributed by atoms with Crippen molar-refractivity contribution in [3.05, 3.63) is 23.8 Å². The van der Waals surface area contributed by atoms with Crippen LogP contribution in [0.2, 0.25) is 0 Å². The highest BCUT2D eigenvalue weighted by Gasteiger charge is 2.30. The molecule has 2 rings (SSSR count). The minimum absolute atomic E-state index is 0.0355. The van der Waals surface area contributed by atoms with Crippen molar-refractivity contribution in [3.63, 3.8) is 0 Å². The molecule has 0 saturated heterocycles. The molecule has 1 aromatic rings. The van der Waals surface area contributed by atoms with Crippen LogP contribution in [-0.4, -0.2) is 30.0 Å². The van der Waals surface area contributed by atoms with Crippen molar-refractivity contribution >= 4 is 23.4 Å². The Morgan fingerprint density at radius 1 is 1.53 bits per heavy atom. The maximum absolute atomic E-state index is 11.9. The van der Waals surface area contributed by atoms with E-state index in [1.54, 1.807) is 11.8 Å². The van der Waals surface area contributed by atoms with Crippen LogP contribution in [0.15, 0.2) is 23.1 Å². The van der Waals surface area contributed by atoms with Gasteiger partial charge in [-0.25, -0.2) is 0 Å². The van der Waals surface area contributed by atoms with Crippen molar-refractivity contribution in [2.45, 2.75) is 23.6 Å². The van der Waals surface area contributed by atoms with Gasteiger partial charge in [0.2, 0.25) is 5.91 Å². The molecule has 0 bridgehead atoms. The zero-order chi connectivity index (χ0) is 12.4. The van der Waals surface area contributed by atoms with Gasteiger partial charge in [0.25, 0.3) is 0 Å². The molecule has 17 heavy (non-hydrogen) atoms. The van der Waals surface area contributed by atoms with E-state index in [0.29, 0.717) is 0 Å². The molecule has 1 aromatic carbocycles. The minimum Gasteiger partial charge on any atom is -0.376 e. The molecule has 0 spiro atoms. The molecule has 5 heteroatoms. The van der Waals surface area contributed by atoms with Gasteiger partial charge in [0, 0.05) is 11.4 Å². The molecule has 92 valence electrons. The zero-order valence-corrected chi connectivity index (χ0v) is 10.8. The number of thioether (sulfide) groups is 1. The van der Waals surface area contributed by atoms with E-state index in [1.807, 2.05) is 32.2 Å². The lowest BCUT2D eigenvalue weighted by Gasteiger charge is -2.31. The molecule has 0 aromatic heterocycles. The Kier molecular flexibility index (Phi) is 3.71. The SMILES string of the molecule is CNCc1ccc2c(c1)N(CO)C(=O)C(C)S2. The molecule has 2 N–H and O–H groups in total. The van der Waals surface area contributed by atoms with Crippen LogP contribution in [0.1, 0.15) is 12.5 Å². The van der Waals surface area contributed by atoms with E-state index >= 15 is 0 Å². The predicted molar refractivity (Wildman–Crippen MR) is 69.1 cm³/mol. The molecule has 1 atom stereocenters. The summed E-state index contributed by atoms with van der Waals surface area (Å²) in [5.74, 6) is -0.0355. The van der Waals surface area contributed by atoms with Gasteiger partial charge in [-0.2, -0.15) is 0 Å². The van der Waals surface area contributed by atoms with E-state index in [4.69, 9.17) is 0 Å². The van der Waals surface area contributed by atoms with Gasteiger partial charge in [0.05, 0.1) is 10.9 Å². The second-order valence-electron chi connectivity index (χ2n) is 4.00. The van der Waals surface area contributed by atoms with Crippen molar-refractivity contribution in [2.75, 3.05) is 18.7 Å². The van der Waals surface area contributed by atoms with E-state index in [9.17, 15) is 9.90 Å². The first-order valence-corrected chi connectivity index (χ1v) is 6.41. The first-order valence-electron chi connectivity index (χ1n) is 5.53. The summed E-state index contributed by atoms with van der Waals surface area (Å²) in [5.41, 5.74) is 1.92. The maximum atomic E-state index is 11.9. The lowest BCUT2D eigenvalue weighted by molar-refractivity contribution is -0.118. The summed E-state index contributed by atoms with van der Waals surface area (Å²) in [7, 11) is 1.88. The van der Waals surface area contributed by atoms with Gasteiger partial charge in [0.15, 0.2) is 0 Å². The average molecular weight is 252 g/mol. The Balaban J connectivity index is 2.41. The Labute approximate surface area is 105 Å². The molecule has 4 nitrogen and oxygen atoms in total. The number of amides is 1. The van der Waals surface area contributed by atoms with E-state index in [1.165, 1.54) is 4.90 Å². The first kappa shape index (κ1) is 12.4. The monoisotopic (exact) mass is 252 g/mol. The number of aliphatic hydroxyl groups is 1. The van der Waals surface area contributed by atoms with Gasteiger partial charge in [0.1, 0.15) is 6.73 Å². The number of anilines is 1. The normalized spacial score (nSPS) is 19.4. The molecule has 1 heterocycles. The summed E-state index contributed by atoms with van der Waals surface area (Å²) < 4.78 is 0. The number of carbonyl (C=O) groups excluding carboxylic acids is 1. The van der Waals surface area contributed by atoms with Crippen LogP contribution in [0.25, 0.3) is 0 Å². The van der Waals surface area contributed by atoms with Gasteiger partial charge < -0.3 is 10.4 Å². The number of rotatable bonds is 3. The van der Waals surface area contributed by atoms with E-state index in [-0.39, 0.29) is 17.9 Å². The van der Waals surface area contributed by atoms with Crippen molar-refractivity contribution < 1.29 is 9.90 Å². The van der Waals surface area contributed by atoms with Crippen molar-refractivity contribution in [1.82, 2.24) is 5.32 Å². The van der Waals surface area contributed by atoms with Crippen LogP contribution in [0.5, 0.6) is 0 Å². The highest BCUT2D eigenvalue weighted by atomic mass is 32.2. The number of aliphatic hydroxyl groups excluding tert-OH is 1. The number of fused-ring (bicyclic) bond motifs is 1. The van der Waals surface area contributed by atoms with Crippen LogP contribution >= 0.6 is 11.8 Å². The summed E-state index contributed by atoms with van der Waals surface area (Å²) in [6, 6.07) is 6.01. The van der Waals surface area contributed by atoms with Crippen LogP contribution < -0.4 is 10.2 Å². The van der Waals surface area contributed by atoms with Gasteiger partial charge in [-0.15, -0.1) is 11.8 Å². The molecule has 0 fully saturated rings. The van der Waals surface area contributed by atoms with Gasteiger partial charge >= 0.3 is 0 Å². The lowest BCUT2D eigenvalue weighted by atomic mass is 10.1. The molecule has 0 saturated carbocycles. The molecular weight excluding hydrogens is 236 g/mol. The second kappa shape index (κ2) is 5.08. The summed E-state index contributed by atoms with van der Waals surface area (Å²) in [5, 5.41) is 12.3. The minimum atomic E-state index is -0.264. The standard InChI is InChI=1S/C12H16N2O2S/c1-8-12(16)14(7-15)10-5-9(6-13-2)3-4-11(10)17-8/h3-5,8,13,15H,6-7H2,1-2H3. The molecule has 0 aliphatic carbocycles. The molecule has 1 amide bonds. The smallest absolute Gasteiger partial charge is 0.242 e. The van der Waals surface area contributed by atoms with Crippen LogP contribution in [0, 0.1) is 0 Å². The Bertz CT molecular complexity index is 437. The zero-order valence-electron chi connectivity index (χ0n) is 9.93. The maximum Gasteiger partial charge on any atom is 0.242 e. The highest BCUT2D eigenvalue weighted by Crippen LogP contribution is 2.39. The van der Waals surface area contributed by atoms with Crippen LogP contribution in [-0.2, 0) is 11.3 Å². The Morgan fingerprint density at radius 3 is 2.94 bits per heavy atom. The fourth-order valence-corrected chi connectivity index (χ4v) is 2.96. The van der Waals surface area contributed by atoms with E-state index < -0.39 is 0 Å². The molecular formula is C12H16N2O2S. The third-order valence-electron chi connectivity index (χ3n) is 2.75. The predicted octanol–water partition coefficient (Wildman–Crippen LogP) is 1.18. The van der Waals surface area contributed by atoms with Gasteiger partial charge in [-0.05, 0) is 31.7 Å². The number of nitrogens with one attached hydrogen (secondary N) is 1. The molecule has 0 radical (unpaired) electrons. The number of carbonyl (C=O) groups is 1. The number of benzene rings is 1. The van der Waals surface area contributed by atoms with Crippen molar-refractivity contribution in [2.24, 2.45) is 0 Å². The van der Waals surface area contributed by atoms with Crippen LogP contribution in [0.3, 0.4) is 0 Å². The van der Waals surface area contributed by atoms with Crippen LogP contribution in [0.4, 0.5) is 5.69 Å². The summed E-state index contributed by atoms with van der Waals surface area (Å²) >= 11 is 1.54. The highest BCUT2D eigenvalue weighted by molar-refractivity contribution is 8.00. The topological polar surface area (TPSA) is 52.6 Å². The second-order valence-corrected chi connectivity index (χ2v) is 5.38. The number of nitrogens with zero attached hydrogens (tertiary/aromatic N) is 1. The Morgan fingerprint density at radius 2 is 2.29 bits per heavy atom. The first-order chi connectivity index (χ1) is 8.17. The summed E-state index contributed by atoms with van der Waals surface area (Å²) in [4.78, 5) is 14.4. The molecule has 1 unspecified atom stereocenters. The van der Waals surface area contributed by atoms with Crippen molar-refractivity contribution in [1.29, 1.82) is 0 Å². The van der Waals surface area contributed by atoms with E-state index in [2.05, 4.69) is 5.32 Å². The largest absolute Gasteiger partial charge is 0.376 e. The number of hydrogen-bond donors (Lipinski definition) is 2. The number of hydrogen-bond acceptors (Lipinski definition) is 4. The van der Waals surface area contributed by atoms with Gasteiger partial charge in [-0.3, -0.25) is 9.69 Å². The fraction of sp³-hybridized carbons (Fsp3) is 0.417. The van der Waals surface area contributed by atoms with Crippen molar-refractivity contribution in [3.8, 4) is 0 Å². The third-order valence-corrected chi connectivity index (χ3v) is 3.91. The Hall–Kier alpha value is -1.04. The fourth-order valence-electron chi connectivity index (χ4n) is 1.91. The average Bonchev–Trinajstić information content (AvgIpc) is 2.32.